The van der Waals surface area contributed by atoms with Crippen LogP contribution in [0, 0.1) is 23.3 Å². The number of thiocarbonyl (C=S) groups is 1. The maximum Gasteiger partial charge on any atom is 0.422 e. The van der Waals surface area contributed by atoms with E-state index in [1.807, 2.05) is 0 Å². The molecule has 0 fully saturated rings. The highest BCUT2D eigenvalue weighted by Crippen LogP contribution is 2.39. The van der Waals surface area contributed by atoms with Crippen LogP contribution in [0.1, 0.15) is 15.9 Å². The van der Waals surface area contributed by atoms with Gasteiger partial charge in [-0.1, -0.05) is 30.3 Å². The van der Waals surface area contributed by atoms with Crippen LogP contribution < -0.4 is 10.6 Å². The Kier molecular flexibility index (Phi) is 6.93. The number of benzene rings is 2. The molecule has 1 heterocycles. The van der Waals surface area contributed by atoms with Crippen LogP contribution in [0.5, 0.6) is 0 Å². The molecular weight excluding hydrogens is 497 g/mol. The van der Waals surface area contributed by atoms with Crippen LogP contribution in [-0.2, 0) is 10.9 Å². The van der Waals surface area contributed by atoms with E-state index in [-0.39, 0.29) is 10.6 Å². The number of nitrogens with one attached hydrogen (secondary N) is 2. The van der Waals surface area contributed by atoms with Gasteiger partial charge in [0.25, 0.3) is 0 Å². The number of ether oxygens (including phenoxy) is 1. The number of hydrogen-bond donors (Lipinski definition) is 2. The number of alkyl halides is 3. The van der Waals surface area contributed by atoms with E-state index in [9.17, 15) is 35.5 Å². The third kappa shape index (κ3) is 4.93. The summed E-state index contributed by atoms with van der Waals surface area (Å²) in [5.41, 5.74) is -3.59. The first kappa shape index (κ1) is 24.5. The summed E-state index contributed by atoms with van der Waals surface area (Å²) in [6, 6.07) is 10.2. The number of anilines is 2. The minimum absolute atomic E-state index is 0.0174. The molecule has 33 heavy (non-hydrogen) atoms. The molecule has 1 aromatic heterocycles. The first-order valence-electron chi connectivity index (χ1n) is 8.74. The minimum atomic E-state index is -5.67. The molecule has 0 aliphatic carbocycles. The van der Waals surface area contributed by atoms with Crippen LogP contribution in [-0.4, -0.2) is 18.2 Å². The highest BCUT2D eigenvalue weighted by molar-refractivity contribution is 7.80. The zero-order valence-corrected chi connectivity index (χ0v) is 17.9. The number of hydrogen-bond acceptors (Lipinski definition) is 4. The average molecular weight is 508 g/mol. The van der Waals surface area contributed by atoms with Gasteiger partial charge >= 0.3 is 12.1 Å². The Balaban J connectivity index is 1.95. The van der Waals surface area contributed by atoms with Gasteiger partial charge in [-0.3, -0.25) is 0 Å². The Morgan fingerprint density at radius 3 is 2.06 bits per heavy atom. The molecule has 0 unspecified atom stereocenters. The Morgan fingerprint density at radius 1 is 0.970 bits per heavy atom. The molecule has 3 rings (SSSR count). The van der Waals surface area contributed by atoms with Crippen molar-refractivity contribution in [1.29, 1.82) is 0 Å². The highest BCUT2D eigenvalue weighted by Gasteiger charge is 2.42. The molecule has 0 bridgehead atoms. The third-order valence-corrected chi connectivity index (χ3v) is 5.51. The van der Waals surface area contributed by atoms with E-state index < -0.39 is 51.8 Å². The van der Waals surface area contributed by atoms with Gasteiger partial charge < -0.3 is 15.4 Å². The number of thiophene rings is 1. The lowest BCUT2D eigenvalue weighted by molar-refractivity contribution is -0.143. The zero-order chi connectivity index (χ0) is 24.5. The molecule has 2 aromatic carbocycles. The van der Waals surface area contributed by atoms with Crippen LogP contribution >= 0.6 is 23.6 Å². The summed E-state index contributed by atoms with van der Waals surface area (Å²) >= 11 is 5.86. The van der Waals surface area contributed by atoms with Crippen LogP contribution in [0.4, 0.5) is 41.4 Å². The number of rotatable bonds is 4. The fourth-order valence-corrected chi connectivity index (χ4v) is 4.05. The molecule has 0 saturated heterocycles. The Hall–Kier alpha value is -3.19. The van der Waals surface area contributed by atoms with Gasteiger partial charge in [0.2, 0.25) is 0 Å². The van der Waals surface area contributed by atoms with Crippen LogP contribution in [0.25, 0.3) is 10.4 Å². The summed E-state index contributed by atoms with van der Waals surface area (Å²) in [5, 5.41) is 3.63. The number of carbonyl (C=O) groups is 1. The van der Waals surface area contributed by atoms with Crippen molar-refractivity contribution < 1.29 is 40.3 Å². The predicted octanol–water partition coefficient (Wildman–Crippen LogP) is 6.59. The lowest BCUT2D eigenvalue weighted by Crippen LogP contribution is -2.24. The molecule has 0 radical (unpaired) electrons. The standard InChI is InChI=1S/C20H11F7N2O2S2/c1-31-18(30)9-7-10(8-5-3-2-4-6-8)33-17(9)29-19(32)28-16-14(23)12(21)11(20(25,26)27)13(22)15(16)24/h2-7H,1H3,(H2,28,29,32). The van der Waals surface area contributed by atoms with Crippen molar-refractivity contribution in [2.75, 3.05) is 17.7 Å². The number of halogens is 7. The molecule has 0 spiro atoms. The van der Waals surface area contributed by atoms with E-state index in [0.717, 1.165) is 18.4 Å². The predicted molar refractivity (Wildman–Crippen MR) is 112 cm³/mol. The molecule has 0 atom stereocenters. The Labute approximate surface area is 191 Å². The van der Waals surface area contributed by atoms with Crippen molar-refractivity contribution in [2.24, 2.45) is 0 Å². The minimum Gasteiger partial charge on any atom is -0.465 e. The fourth-order valence-electron chi connectivity index (χ4n) is 2.73. The molecule has 174 valence electrons. The molecule has 13 heteroatoms. The zero-order valence-electron chi connectivity index (χ0n) is 16.2. The summed E-state index contributed by atoms with van der Waals surface area (Å²) in [5.74, 6) is -10.7. The van der Waals surface area contributed by atoms with Crippen LogP contribution in [0.15, 0.2) is 36.4 Å². The van der Waals surface area contributed by atoms with Gasteiger partial charge in [-0.25, -0.2) is 22.4 Å². The second-order valence-electron chi connectivity index (χ2n) is 6.29. The van der Waals surface area contributed by atoms with E-state index in [0.29, 0.717) is 10.4 Å². The van der Waals surface area contributed by atoms with Gasteiger partial charge in [-0.05, 0) is 23.8 Å². The van der Waals surface area contributed by atoms with Crippen LogP contribution in [0.3, 0.4) is 0 Å². The van der Waals surface area contributed by atoms with E-state index >= 15 is 0 Å². The van der Waals surface area contributed by atoms with E-state index in [4.69, 9.17) is 12.2 Å². The quantitative estimate of drug-likeness (QED) is 0.180. The summed E-state index contributed by atoms with van der Waals surface area (Å²) < 4.78 is 98.7. The Bertz CT molecular complexity index is 1200. The SMILES string of the molecule is COC(=O)c1cc(-c2ccccc2)sc1NC(=S)Nc1c(F)c(F)c(C(F)(F)F)c(F)c1F. The summed E-state index contributed by atoms with van der Waals surface area (Å²) in [4.78, 5) is 12.7. The van der Waals surface area contributed by atoms with Crippen molar-refractivity contribution in [2.45, 2.75) is 6.18 Å². The molecule has 0 saturated carbocycles. The largest absolute Gasteiger partial charge is 0.465 e. The van der Waals surface area contributed by atoms with E-state index in [1.165, 1.54) is 6.07 Å². The van der Waals surface area contributed by atoms with Crippen molar-refractivity contribution in [1.82, 2.24) is 0 Å². The van der Waals surface area contributed by atoms with Crippen molar-refractivity contribution in [3.8, 4) is 10.4 Å². The number of methoxy groups -OCH3 is 1. The maximum absolute atomic E-state index is 14.1. The van der Waals surface area contributed by atoms with Gasteiger partial charge in [0.15, 0.2) is 28.4 Å². The second kappa shape index (κ2) is 9.35. The molecule has 0 aliphatic heterocycles. The van der Waals surface area contributed by atoms with Gasteiger partial charge in [-0.2, -0.15) is 13.2 Å². The lowest BCUT2D eigenvalue weighted by atomic mass is 10.1. The first-order valence-corrected chi connectivity index (χ1v) is 9.96. The normalized spacial score (nSPS) is 11.3. The van der Waals surface area contributed by atoms with Crippen molar-refractivity contribution >= 4 is 45.3 Å². The monoisotopic (exact) mass is 508 g/mol. The molecule has 2 N–H and O–H groups in total. The summed E-state index contributed by atoms with van der Waals surface area (Å²) in [7, 11) is 1.11. The van der Waals surface area contributed by atoms with Crippen molar-refractivity contribution in [3.05, 3.63) is 70.8 Å². The topological polar surface area (TPSA) is 50.4 Å². The van der Waals surface area contributed by atoms with Gasteiger partial charge in [0, 0.05) is 4.88 Å². The third-order valence-electron chi connectivity index (χ3n) is 4.21. The summed E-state index contributed by atoms with van der Waals surface area (Å²) in [6.45, 7) is 0. The van der Waals surface area contributed by atoms with Gasteiger partial charge in [0.05, 0.1) is 12.7 Å². The first-order chi connectivity index (χ1) is 15.5. The molecule has 3 aromatic rings. The molecule has 0 aliphatic rings. The highest BCUT2D eigenvalue weighted by atomic mass is 32.1. The fraction of sp³-hybridized carbons (Fsp3) is 0.100. The molecule has 0 amide bonds. The Morgan fingerprint density at radius 2 is 1.55 bits per heavy atom. The molecular formula is C20H11F7N2O2S2. The number of carbonyl (C=O) groups excluding carboxylic acids is 1. The van der Waals surface area contributed by atoms with E-state index in [1.54, 1.807) is 35.6 Å². The number of esters is 1. The lowest BCUT2D eigenvalue weighted by Gasteiger charge is -2.16. The van der Waals surface area contributed by atoms with Gasteiger partial charge in [-0.15, -0.1) is 11.3 Å². The van der Waals surface area contributed by atoms with Crippen molar-refractivity contribution in [3.63, 3.8) is 0 Å². The second-order valence-corrected chi connectivity index (χ2v) is 7.75. The smallest absolute Gasteiger partial charge is 0.422 e. The summed E-state index contributed by atoms with van der Waals surface area (Å²) in [6.07, 6.45) is -5.67. The van der Waals surface area contributed by atoms with Crippen LogP contribution in [0.2, 0.25) is 0 Å². The maximum atomic E-state index is 14.1. The molecule has 4 nitrogen and oxygen atoms in total. The van der Waals surface area contributed by atoms with Gasteiger partial charge in [0.1, 0.15) is 16.3 Å². The average Bonchev–Trinajstić information content (AvgIpc) is 3.18. The van der Waals surface area contributed by atoms with E-state index in [2.05, 4.69) is 10.1 Å².